The summed E-state index contributed by atoms with van der Waals surface area (Å²) in [5, 5.41) is 2.88. The van der Waals surface area contributed by atoms with Gasteiger partial charge in [0.25, 0.3) is 0 Å². The standard InChI is InChI=1S/C16H22N2O3/c1-3-21-16(20)13-6-4-5-7-14(13)17-15(19)12-8-10-18(2)11-9-12/h4-7,12H,3,8-11H2,1-2H3,(H,17,19). The number of likely N-dealkylation sites (tertiary alicyclic amines) is 1. The molecule has 0 unspecified atom stereocenters. The van der Waals surface area contributed by atoms with Crippen LogP contribution in [0.3, 0.4) is 0 Å². The maximum absolute atomic E-state index is 12.3. The number of nitrogens with one attached hydrogen (secondary N) is 1. The monoisotopic (exact) mass is 290 g/mol. The number of ether oxygens (including phenoxy) is 1. The number of carbonyl (C=O) groups excluding carboxylic acids is 2. The highest BCUT2D eigenvalue weighted by atomic mass is 16.5. The van der Waals surface area contributed by atoms with E-state index in [4.69, 9.17) is 4.74 Å². The van der Waals surface area contributed by atoms with Crippen LogP contribution in [0.15, 0.2) is 24.3 Å². The molecule has 1 aliphatic heterocycles. The molecule has 1 aliphatic rings. The van der Waals surface area contributed by atoms with Crippen LogP contribution >= 0.6 is 0 Å². The lowest BCUT2D eigenvalue weighted by Gasteiger charge is -2.28. The molecule has 0 aromatic heterocycles. The van der Waals surface area contributed by atoms with Crippen molar-refractivity contribution in [1.82, 2.24) is 4.90 Å². The van der Waals surface area contributed by atoms with E-state index in [1.165, 1.54) is 0 Å². The van der Waals surface area contributed by atoms with Gasteiger partial charge in [-0.1, -0.05) is 12.1 Å². The number of carbonyl (C=O) groups is 2. The van der Waals surface area contributed by atoms with Gasteiger partial charge < -0.3 is 15.0 Å². The molecule has 114 valence electrons. The largest absolute Gasteiger partial charge is 0.462 e. The highest BCUT2D eigenvalue weighted by molar-refractivity contribution is 6.01. The molecule has 5 nitrogen and oxygen atoms in total. The minimum Gasteiger partial charge on any atom is -0.462 e. The van der Waals surface area contributed by atoms with Crippen LogP contribution in [0.25, 0.3) is 0 Å². The Morgan fingerprint density at radius 2 is 1.95 bits per heavy atom. The molecular formula is C16H22N2O3. The summed E-state index contributed by atoms with van der Waals surface area (Å²) in [6, 6.07) is 6.96. The molecule has 1 aromatic carbocycles. The van der Waals surface area contributed by atoms with Gasteiger partial charge in [0.1, 0.15) is 0 Å². The van der Waals surface area contributed by atoms with Gasteiger partial charge in [0.15, 0.2) is 0 Å². The van der Waals surface area contributed by atoms with E-state index in [0.29, 0.717) is 17.9 Å². The number of esters is 1. The first-order valence-corrected chi connectivity index (χ1v) is 7.37. The van der Waals surface area contributed by atoms with Crippen molar-refractivity contribution in [2.24, 2.45) is 5.92 Å². The van der Waals surface area contributed by atoms with E-state index >= 15 is 0 Å². The van der Waals surface area contributed by atoms with Gasteiger partial charge in [-0.3, -0.25) is 4.79 Å². The fourth-order valence-electron chi connectivity index (χ4n) is 2.48. The lowest BCUT2D eigenvalue weighted by Crippen LogP contribution is -2.36. The topological polar surface area (TPSA) is 58.6 Å². The number of amides is 1. The first-order chi connectivity index (χ1) is 10.1. The van der Waals surface area contributed by atoms with Crippen LogP contribution in [0, 0.1) is 5.92 Å². The van der Waals surface area contributed by atoms with Crippen molar-refractivity contribution in [3.63, 3.8) is 0 Å². The van der Waals surface area contributed by atoms with Crippen LogP contribution in [0.4, 0.5) is 5.69 Å². The normalized spacial score (nSPS) is 16.5. The molecule has 0 radical (unpaired) electrons. The van der Waals surface area contributed by atoms with E-state index in [1.807, 2.05) is 0 Å². The molecule has 2 rings (SSSR count). The summed E-state index contributed by atoms with van der Waals surface area (Å²) >= 11 is 0. The predicted molar refractivity (Wildman–Crippen MR) is 81.2 cm³/mol. The van der Waals surface area contributed by atoms with Crippen molar-refractivity contribution in [3.8, 4) is 0 Å². The zero-order valence-corrected chi connectivity index (χ0v) is 12.6. The molecule has 5 heteroatoms. The molecule has 21 heavy (non-hydrogen) atoms. The van der Waals surface area contributed by atoms with Crippen LogP contribution in [0.5, 0.6) is 0 Å². The van der Waals surface area contributed by atoms with E-state index in [9.17, 15) is 9.59 Å². The Balaban J connectivity index is 2.05. The molecule has 1 amide bonds. The first kappa shape index (κ1) is 15.5. The van der Waals surface area contributed by atoms with Crippen LogP contribution in [-0.2, 0) is 9.53 Å². The van der Waals surface area contributed by atoms with E-state index in [2.05, 4.69) is 17.3 Å². The van der Waals surface area contributed by atoms with Crippen LogP contribution < -0.4 is 5.32 Å². The fourth-order valence-corrected chi connectivity index (χ4v) is 2.48. The highest BCUT2D eigenvalue weighted by Gasteiger charge is 2.24. The zero-order valence-electron chi connectivity index (χ0n) is 12.6. The molecular weight excluding hydrogens is 268 g/mol. The third-order valence-electron chi connectivity index (χ3n) is 3.77. The van der Waals surface area contributed by atoms with Crippen molar-refractivity contribution in [2.45, 2.75) is 19.8 Å². The van der Waals surface area contributed by atoms with Gasteiger partial charge in [-0.2, -0.15) is 0 Å². The number of anilines is 1. The third-order valence-corrected chi connectivity index (χ3v) is 3.77. The molecule has 0 aliphatic carbocycles. The first-order valence-electron chi connectivity index (χ1n) is 7.37. The zero-order chi connectivity index (χ0) is 15.2. The number of piperidine rings is 1. The van der Waals surface area contributed by atoms with Crippen LogP contribution in [0.1, 0.15) is 30.1 Å². The minimum atomic E-state index is -0.406. The summed E-state index contributed by atoms with van der Waals surface area (Å²) in [5.41, 5.74) is 0.931. The van der Waals surface area contributed by atoms with Gasteiger partial charge >= 0.3 is 5.97 Å². The summed E-state index contributed by atoms with van der Waals surface area (Å²) in [4.78, 5) is 26.4. The number of rotatable bonds is 4. The highest BCUT2D eigenvalue weighted by Crippen LogP contribution is 2.21. The molecule has 0 saturated carbocycles. The van der Waals surface area contributed by atoms with Crippen LogP contribution in [0.2, 0.25) is 0 Å². The lowest BCUT2D eigenvalue weighted by atomic mass is 9.96. The van der Waals surface area contributed by atoms with Gasteiger partial charge in [0, 0.05) is 5.92 Å². The second kappa shape index (κ2) is 7.22. The molecule has 1 fully saturated rings. The van der Waals surface area contributed by atoms with Crippen molar-refractivity contribution in [1.29, 1.82) is 0 Å². The van der Waals surface area contributed by atoms with Gasteiger partial charge in [-0.25, -0.2) is 4.79 Å². The fraction of sp³-hybridized carbons (Fsp3) is 0.500. The Morgan fingerprint density at radius 3 is 2.62 bits per heavy atom. The molecule has 1 aromatic rings. The van der Waals surface area contributed by atoms with Gasteiger partial charge in [-0.05, 0) is 52.0 Å². The minimum absolute atomic E-state index is 0.0106. The van der Waals surface area contributed by atoms with Crippen molar-refractivity contribution >= 4 is 17.6 Å². The third kappa shape index (κ3) is 4.04. The van der Waals surface area contributed by atoms with Crippen molar-refractivity contribution in [3.05, 3.63) is 29.8 Å². The van der Waals surface area contributed by atoms with Gasteiger partial charge in [0.05, 0.1) is 17.9 Å². The smallest absolute Gasteiger partial charge is 0.340 e. The van der Waals surface area contributed by atoms with Crippen molar-refractivity contribution < 1.29 is 14.3 Å². The number of hydrogen-bond acceptors (Lipinski definition) is 4. The van der Waals surface area contributed by atoms with E-state index < -0.39 is 5.97 Å². The second-order valence-electron chi connectivity index (χ2n) is 5.33. The molecule has 0 bridgehead atoms. The molecule has 0 spiro atoms. The number of nitrogens with zero attached hydrogens (tertiary/aromatic N) is 1. The maximum Gasteiger partial charge on any atom is 0.340 e. The molecule has 1 saturated heterocycles. The van der Waals surface area contributed by atoms with Crippen molar-refractivity contribution in [2.75, 3.05) is 32.1 Å². The second-order valence-corrected chi connectivity index (χ2v) is 5.33. The van der Waals surface area contributed by atoms with E-state index in [0.717, 1.165) is 25.9 Å². The Morgan fingerprint density at radius 1 is 1.29 bits per heavy atom. The Bertz CT molecular complexity index is 508. The van der Waals surface area contributed by atoms with Crippen LogP contribution in [-0.4, -0.2) is 43.5 Å². The maximum atomic E-state index is 12.3. The lowest BCUT2D eigenvalue weighted by molar-refractivity contribution is -0.121. The van der Waals surface area contributed by atoms with E-state index in [-0.39, 0.29) is 11.8 Å². The van der Waals surface area contributed by atoms with Gasteiger partial charge in [-0.15, -0.1) is 0 Å². The van der Waals surface area contributed by atoms with Gasteiger partial charge in [0.2, 0.25) is 5.91 Å². The average molecular weight is 290 g/mol. The summed E-state index contributed by atoms with van der Waals surface area (Å²) in [5.74, 6) is -0.409. The molecule has 1 N–H and O–H groups in total. The Hall–Kier alpha value is -1.88. The average Bonchev–Trinajstić information content (AvgIpc) is 2.48. The number of para-hydroxylation sites is 1. The summed E-state index contributed by atoms with van der Waals surface area (Å²) in [7, 11) is 2.06. The number of hydrogen-bond donors (Lipinski definition) is 1. The predicted octanol–water partition coefficient (Wildman–Crippen LogP) is 2.14. The summed E-state index contributed by atoms with van der Waals surface area (Å²) in [6.45, 7) is 3.93. The number of benzene rings is 1. The molecule has 1 heterocycles. The summed E-state index contributed by atoms with van der Waals surface area (Å²) in [6.07, 6.45) is 1.70. The Kier molecular flexibility index (Phi) is 5.33. The Labute approximate surface area is 125 Å². The SMILES string of the molecule is CCOC(=O)c1ccccc1NC(=O)C1CCN(C)CC1. The quantitative estimate of drug-likeness (QED) is 0.863. The summed E-state index contributed by atoms with van der Waals surface area (Å²) < 4.78 is 5.01. The van der Waals surface area contributed by atoms with E-state index in [1.54, 1.807) is 31.2 Å². The molecule has 0 atom stereocenters.